The number of Topliss-reactive ketones (excluding diaryl/α,β-unsaturated/α-hetero) is 1. The molecule has 2 aromatic rings. The van der Waals surface area contributed by atoms with Gasteiger partial charge < -0.3 is 9.84 Å². The van der Waals surface area contributed by atoms with E-state index < -0.39 is 22.9 Å². The molecule has 0 saturated carbocycles. The molecule has 0 bridgehead atoms. The van der Waals surface area contributed by atoms with Crippen LogP contribution >= 0.6 is 0 Å². The average Bonchev–Trinajstić information content (AvgIpc) is 2.60. The summed E-state index contributed by atoms with van der Waals surface area (Å²) in [7, 11) is 1.43. The number of ether oxygens (including phenoxy) is 1. The van der Waals surface area contributed by atoms with Crippen LogP contribution in [-0.2, 0) is 4.79 Å². The zero-order valence-corrected chi connectivity index (χ0v) is 13.3. The van der Waals surface area contributed by atoms with Gasteiger partial charge in [-0.2, -0.15) is 0 Å². The third-order valence-corrected chi connectivity index (χ3v) is 3.40. The van der Waals surface area contributed by atoms with Gasteiger partial charge in [-0.1, -0.05) is 6.08 Å². The van der Waals surface area contributed by atoms with E-state index in [1.165, 1.54) is 61.7 Å². The first kappa shape index (κ1) is 17.9. The summed E-state index contributed by atoms with van der Waals surface area (Å²) in [5.74, 6) is -0.812. The van der Waals surface area contributed by atoms with E-state index in [-0.39, 0.29) is 17.0 Å². The van der Waals surface area contributed by atoms with Crippen LogP contribution in [-0.4, -0.2) is 28.7 Å². The van der Waals surface area contributed by atoms with E-state index in [0.29, 0.717) is 11.3 Å². The normalized spacial score (nSPS) is 10.6. The van der Waals surface area contributed by atoms with E-state index in [0.717, 1.165) is 0 Å². The van der Waals surface area contributed by atoms with Crippen LogP contribution < -0.4 is 4.74 Å². The van der Waals surface area contributed by atoms with Gasteiger partial charge in [0, 0.05) is 12.1 Å². The van der Waals surface area contributed by atoms with Crippen LogP contribution in [0.15, 0.2) is 48.5 Å². The van der Waals surface area contributed by atoms with E-state index >= 15 is 0 Å². The number of allylic oxidation sites excluding steroid dienone is 1. The Morgan fingerprint density at radius 3 is 2.48 bits per heavy atom. The third-order valence-electron chi connectivity index (χ3n) is 3.40. The van der Waals surface area contributed by atoms with Crippen molar-refractivity contribution in [3.05, 3.63) is 69.8 Å². The highest BCUT2D eigenvalue weighted by Gasteiger charge is 2.15. The number of hydrogen-bond acceptors (Lipinski definition) is 6. The Balaban J connectivity index is 2.04. The minimum Gasteiger partial charge on any atom is -0.507 e. The van der Waals surface area contributed by atoms with Gasteiger partial charge in [-0.15, -0.1) is 0 Å². The van der Waals surface area contributed by atoms with E-state index in [1.54, 1.807) is 0 Å². The van der Waals surface area contributed by atoms with Gasteiger partial charge >= 0.3 is 0 Å². The first-order valence-corrected chi connectivity index (χ1v) is 7.26. The zero-order chi connectivity index (χ0) is 18.4. The standard InChI is InChI=1S/C18H15NO6/c1-25-15-8-9-17(21)16(11-15)18(22)10-14(20)7-4-12-2-5-13(6-3-12)19(23)24/h2-9,11,21H,10H2,1H3/b7-4+. The van der Waals surface area contributed by atoms with Crippen molar-refractivity contribution in [2.24, 2.45) is 0 Å². The van der Waals surface area contributed by atoms with Crippen LogP contribution in [0.3, 0.4) is 0 Å². The number of nitro groups is 1. The highest BCUT2D eigenvalue weighted by Crippen LogP contribution is 2.24. The van der Waals surface area contributed by atoms with Crippen molar-refractivity contribution in [1.82, 2.24) is 0 Å². The smallest absolute Gasteiger partial charge is 0.269 e. The number of phenols is 1. The molecule has 0 heterocycles. The maximum absolute atomic E-state index is 12.1. The van der Waals surface area contributed by atoms with Crippen LogP contribution in [0.5, 0.6) is 11.5 Å². The molecule has 1 N–H and O–H groups in total. The number of non-ortho nitro benzene ring substituents is 1. The number of nitro benzene ring substituents is 1. The number of benzene rings is 2. The number of methoxy groups -OCH3 is 1. The lowest BCUT2D eigenvalue weighted by molar-refractivity contribution is -0.384. The summed E-state index contributed by atoms with van der Waals surface area (Å²) in [5, 5.41) is 20.3. The lowest BCUT2D eigenvalue weighted by Gasteiger charge is -2.05. The molecular weight excluding hydrogens is 326 g/mol. The topological polar surface area (TPSA) is 107 Å². The summed E-state index contributed by atoms with van der Waals surface area (Å²) < 4.78 is 4.99. The Kier molecular flexibility index (Phi) is 5.62. The number of carbonyl (C=O) groups excluding carboxylic acids is 2. The van der Waals surface area contributed by atoms with Gasteiger partial charge in [0.2, 0.25) is 0 Å². The number of carbonyl (C=O) groups is 2. The van der Waals surface area contributed by atoms with E-state index in [1.807, 2.05) is 0 Å². The summed E-state index contributed by atoms with van der Waals surface area (Å²) in [6.07, 6.45) is 2.27. The van der Waals surface area contributed by atoms with E-state index in [2.05, 4.69) is 0 Å². The summed E-state index contributed by atoms with van der Waals surface area (Å²) in [4.78, 5) is 34.1. The molecule has 0 atom stereocenters. The Hall–Kier alpha value is -3.48. The SMILES string of the molecule is COc1ccc(O)c(C(=O)CC(=O)/C=C/c2ccc([N+](=O)[O-])cc2)c1. The summed E-state index contributed by atoms with van der Waals surface area (Å²) in [5.41, 5.74) is 0.555. The van der Waals surface area contributed by atoms with Crippen molar-refractivity contribution in [3.63, 3.8) is 0 Å². The molecule has 7 heteroatoms. The maximum Gasteiger partial charge on any atom is 0.269 e. The summed E-state index contributed by atoms with van der Waals surface area (Å²) in [6.45, 7) is 0. The molecule has 0 unspecified atom stereocenters. The second-order valence-electron chi connectivity index (χ2n) is 5.13. The largest absolute Gasteiger partial charge is 0.507 e. The van der Waals surface area contributed by atoms with Crippen LogP contribution in [0.4, 0.5) is 5.69 Å². The quantitative estimate of drug-likeness (QED) is 0.272. The molecule has 2 rings (SSSR count). The predicted molar refractivity (Wildman–Crippen MR) is 90.7 cm³/mol. The Bertz CT molecular complexity index is 839. The molecule has 25 heavy (non-hydrogen) atoms. The van der Waals surface area contributed by atoms with Gasteiger partial charge in [0.15, 0.2) is 11.6 Å². The number of hydrogen-bond donors (Lipinski definition) is 1. The Labute approximate surface area is 143 Å². The molecule has 128 valence electrons. The van der Waals surface area contributed by atoms with Gasteiger partial charge in [-0.25, -0.2) is 0 Å². The zero-order valence-electron chi connectivity index (χ0n) is 13.3. The van der Waals surface area contributed by atoms with Gasteiger partial charge in [0.1, 0.15) is 11.5 Å². The van der Waals surface area contributed by atoms with Crippen molar-refractivity contribution >= 4 is 23.3 Å². The molecule has 0 aliphatic rings. The fourth-order valence-corrected chi connectivity index (χ4v) is 2.07. The van der Waals surface area contributed by atoms with Crippen LogP contribution in [0.2, 0.25) is 0 Å². The first-order valence-electron chi connectivity index (χ1n) is 7.26. The third kappa shape index (κ3) is 4.74. The van der Waals surface area contributed by atoms with Crippen LogP contribution in [0, 0.1) is 10.1 Å². The Morgan fingerprint density at radius 2 is 1.88 bits per heavy atom. The average molecular weight is 341 g/mol. The molecule has 0 aliphatic heterocycles. The van der Waals surface area contributed by atoms with Gasteiger partial charge in [-0.05, 0) is 42.0 Å². The van der Waals surface area contributed by atoms with Gasteiger partial charge in [0.25, 0.3) is 5.69 Å². The first-order chi connectivity index (χ1) is 11.9. The molecule has 0 radical (unpaired) electrons. The molecule has 0 fully saturated rings. The summed E-state index contributed by atoms with van der Waals surface area (Å²) >= 11 is 0. The molecule has 2 aromatic carbocycles. The Morgan fingerprint density at radius 1 is 1.20 bits per heavy atom. The minimum atomic E-state index is -0.533. The van der Waals surface area contributed by atoms with Crippen molar-refractivity contribution < 1.29 is 24.4 Å². The molecule has 0 saturated heterocycles. The number of nitrogens with zero attached hydrogens (tertiary/aromatic N) is 1. The van der Waals surface area contributed by atoms with E-state index in [4.69, 9.17) is 4.74 Å². The summed E-state index contributed by atoms with van der Waals surface area (Å²) in [6, 6.07) is 9.83. The molecule has 0 aromatic heterocycles. The maximum atomic E-state index is 12.1. The number of phenolic OH excluding ortho intramolecular Hbond substituents is 1. The second-order valence-corrected chi connectivity index (χ2v) is 5.13. The molecule has 7 nitrogen and oxygen atoms in total. The van der Waals surface area contributed by atoms with Gasteiger partial charge in [0.05, 0.1) is 24.0 Å². The fourth-order valence-electron chi connectivity index (χ4n) is 2.07. The molecule has 0 aliphatic carbocycles. The van der Waals surface area contributed by atoms with Crippen molar-refractivity contribution in [3.8, 4) is 11.5 Å². The lowest BCUT2D eigenvalue weighted by Crippen LogP contribution is -2.06. The second kappa shape index (κ2) is 7.87. The lowest BCUT2D eigenvalue weighted by atomic mass is 10.0. The molecule has 0 amide bonds. The number of rotatable bonds is 7. The van der Waals surface area contributed by atoms with E-state index in [9.17, 15) is 24.8 Å². The number of ketones is 2. The van der Waals surface area contributed by atoms with Crippen LogP contribution in [0.1, 0.15) is 22.3 Å². The van der Waals surface area contributed by atoms with Crippen LogP contribution in [0.25, 0.3) is 6.08 Å². The fraction of sp³-hybridized carbons (Fsp3) is 0.111. The predicted octanol–water partition coefficient (Wildman–Crippen LogP) is 3.16. The molecular formula is C18H15NO6. The number of aromatic hydroxyl groups is 1. The van der Waals surface area contributed by atoms with Crippen molar-refractivity contribution in [2.45, 2.75) is 6.42 Å². The van der Waals surface area contributed by atoms with Gasteiger partial charge in [-0.3, -0.25) is 19.7 Å². The van der Waals surface area contributed by atoms with Crippen molar-refractivity contribution in [2.75, 3.05) is 7.11 Å². The monoisotopic (exact) mass is 341 g/mol. The molecule has 0 spiro atoms. The highest BCUT2D eigenvalue weighted by atomic mass is 16.6. The van der Waals surface area contributed by atoms with Crippen molar-refractivity contribution in [1.29, 1.82) is 0 Å². The highest BCUT2D eigenvalue weighted by molar-refractivity contribution is 6.13. The minimum absolute atomic E-state index is 0.0106.